The molecule has 7 nitrogen and oxygen atoms in total. The van der Waals surface area contributed by atoms with Gasteiger partial charge in [0.05, 0.1) is 36.7 Å². The Morgan fingerprint density at radius 2 is 1.97 bits per heavy atom. The summed E-state index contributed by atoms with van der Waals surface area (Å²) in [6, 6.07) is 21.2. The van der Waals surface area contributed by atoms with E-state index >= 15 is 0 Å². The molecule has 3 aromatic carbocycles. The van der Waals surface area contributed by atoms with Crippen LogP contribution in [0.25, 0.3) is 11.0 Å². The first kappa shape index (κ1) is 22.4. The Kier molecular flexibility index (Phi) is 6.95. The Bertz CT molecular complexity index is 1300. The van der Waals surface area contributed by atoms with E-state index in [-0.39, 0.29) is 17.4 Å². The van der Waals surface area contributed by atoms with Crippen molar-refractivity contribution in [3.63, 3.8) is 0 Å². The molecular formula is C25H24N4O3S. The van der Waals surface area contributed by atoms with Crippen molar-refractivity contribution in [2.24, 2.45) is 5.10 Å². The summed E-state index contributed by atoms with van der Waals surface area (Å²) in [5.41, 5.74) is 7.53. The Labute approximate surface area is 196 Å². The third kappa shape index (κ3) is 5.53. The summed E-state index contributed by atoms with van der Waals surface area (Å²) in [5, 5.41) is 14.4. The van der Waals surface area contributed by atoms with Gasteiger partial charge >= 0.3 is 0 Å². The Morgan fingerprint density at radius 3 is 2.76 bits per heavy atom. The van der Waals surface area contributed by atoms with Crippen molar-refractivity contribution in [3.8, 4) is 11.5 Å². The molecule has 0 aliphatic rings. The van der Waals surface area contributed by atoms with E-state index in [1.54, 1.807) is 12.1 Å². The van der Waals surface area contributed by atoms with Crippen molar-refractivity contribution >= 4 is 34.9 Å². The Morgan fingerprint density at radius 1 is 1.18 bits per heavy atom. The molecule has 0 aliphatic carbocycles. The molecule has 0 aliphatic heterocycles. The first-order valence-corrected chi connectivity index (χ1v) is 11.3. The number of hydrogen-bond acceptors (Lipinski definition) is 6. The van der Waals surface area contributed by atoms with Gasteiger partial charge in [-0.05, 0) is 48.4 Å². The zero-order valence-corrected chi connectivity index (χ0v) is 19.2. The number of carbonyl (C=O) groups excluding carboxylic acids is 1. The SMILES string of the molecule is COc1cc(/C=N\NC(=O)CSc2nc3ccccc3n2Cc2ccc(C)cc2)ccc1O. The van der Waals surface area contributed by atoms with Crippen molar-refractivity contribution in [3.05, 3.63) is 83.4 Å². The lowest BCUT2D eigenvalue weighted by molar-refractivity contribution is -0.118. The molecule has 4 aromatic rings. The smallest absolute Gasteiger partial charge is 0.250 e. The monoisotopic (exact) mass is 460 g/mol. The van der Waals surface area contributed by atoms with E-state index in [4.69, 9.17) is 9.72 Å². The van der Waals surface area contributed by atoms with Gasteiger partial charge in [0, 0.05) is 0 Å². The Hall–Kier alpha value is -3.78. The van der Waals surface area contributed by atoms with Crippen LogP contribution in [0, 0.1) is 6.92 Å². The van der Waals surface area contributed by atoms with E-state index in [9.17, 15) is 9.90 Å². The third-order valence-corrected chi connectivity index (χ3v) is 6.00. The van der Waals surface area contributed by atoms with Gasteiger partial charge in [0.25, 0.3) is 5.91 Å². The lowest BCUT2D eigenvalue weighted by Crippen LogP contribution is -2.20. The first-order chi connectivity index (χ1) is 16.0. The van der Waals surface area contributed by atoms with Crippen LogP contribution < -0.4 is 10.2 Å². The molecule has 0 saturated carbocycles. The number of phenols is 1. The number of fused-ring (bicyclic) bond motifs is 1. The van der Waals surface area contributed by atoms with Gasteiger partial charge in [0.15, 0.2) is 16.7 Å². The van der Waals surface area contributed by atoms with Crippen LogP contribution in [0.4, 0.5) is 0 Å². The standard InChI is InChI=1S/C25H24N4O3S/c1-17-7-9-18(10-8-17)15-29-21-6-4-3-5-20(21)27-25(29)33-16-24(31)28-26-14-19-11-12-22(30)23(13-19)32-2/h3-14,30H,15-16H2,1-2H3,(H,28,31)/b26-14-. The number of hydrazone groups is 1. The molecule has 33 heavy (non-hydrogen) atoms. The number of para-hydroxylation sites is 2. The van der Waals surface area contributed by atoms with Gasteiger partial charge in [-0.3, -0.25) is 4.79 Å². The molecule has 0 saturated heterocycles. The topological polar surface area (TPSA) is 88.7 Å². The minimum atomic E-state index is -0.240. The highest BCUT2D eigenvalue weighted by atomic mass is 32.2. The molecule has 0 bridgehead atoms. The molecule has 4 rings (SSSR count). The van der Waals surface area contributed by atoms with Crippen LogP contribution in [0.15, 0.2) is 77.0 Å². The molecule has 168 valence electrons. The number of aromatic hydroxyl groups is 1. The van der Waals surface area contributed by atoms with E-state index in [1.807, 2.05) is 24.3 Å². The number of carbonyl (C=O) groups is 1. The second-order valence-electron chi connectivity index (χ2n) is 7.47. The van der Waals surface area contributed by atoms with Crippen molar-refractivity contribution < 1.29 is 14.6 Å². The summed E-state index contributed by atoms with van der Waals surface area (Å²) in [6.07, 6.45) is 1.50. The number of aryl methyl sites for hydroxylation is 1. The zero-order valence-electron chi connectivity index (χ0n) is 18.4. The molecular weight excluding hydrogens is 436 g/mol. The largest absolute Gasteiger partial charge is 0.504 e. The summed E-state index contributed by atoms with van der Waals surface area (Å²) in [7, 11) is 1.47. The van der Waals surface area contributed by atoms with Crippen LogP contribution in [0.1, 0.15) is 16.7 Å². The summed E-state index contributed by atoms with van der Waals surface area (Å²) in [4.78, 5) is 17.1. The van der Waals surface area contributed by atoms with Crippen LogP contribution in [-0.4, -0.2) is 39.6 Å². The number of phenolic OH excluding ortho intramolecular Hbond substituents is 1. The van der Waals surface area contributed by atoms with Crippen molar-refractivity contribution in [1.29, 1.82) is 0 Å². The maximum atomic E-state index is 12.4. The number of thioether (sulfide) groups is 1. The maximum Gasteiger partial charge on any atom is 0.250 e. The van der Waals surface area contributed by atoms with Crippen LogP contribution in [0.5, 0.6) is 11.5 Å². The predicted molar refractivity (Wildman–Crippen MR) is 131 cm³/mol. The summed E-state index contributed by atoms with van der Waals surface area (Å²) < 4.78 is 7.20. The highest BCUT2D eigenvalue weighted by Crippen LogP contribution is 2.26. The molecule has 0 atom stereocenters. The number of amides is 1. The van der Waals surface area contributed by atoms with Gasteiger partial charge < -0.3 is 14.4 Å². The number of nitrogens with one attached hydrogen (secondary N) is 1. The lowest BCUT2D eigenvalue weighted by Gasteiger charge is -2.09. The fraction of sp³-hybridized carbons (Fsp3) is 0.160. The molecule has 1 aromatic heterocycles. The second-order valence-corrected chi connectivity index (χ2v) is 8.41. The van der Waals surface area contributed by atoms with Gasteiger partial charge in [-0.25, -0.2) is 10.4 Å². The minimum absolute atomic E-state index is 0.0450. The van der Waals surface area contributed by atoms with Gasteiger partial charge in [-0.1, -0.05) is 53.7 Å². The van der Waals surface area contributed by atoms with Crippen LogP contribution in [0.3, 0.4) is 0 Å². The number of rotatable bonds is 8. The molecule has 8 heteroatoms. The van der Waals surface area contributed by atoms with Gasteiger partial charge in [-0.15, -0.1) is 0 Å². The Balaban J connectivity index is 1.43. The minimum Gasteiger partial charge on any atom is -0.504 e. The number of nitrogens with zero attached hydrogens (tertiary/aromatic N) is 3. The van der Waals surface area contributed by atoms with Gasteiger partial charge in [0.1, 0.15) is 0 Å². The van der Waals surface area contributed by atoms with Gasteiger partial charge in [0.2, 0.25) is 0 Å². The van der Waals surface area contributed by atoms with E-state index < -0.39 is 0 Å². The first-order valence-electron chi connectivity index (χ1n) is 10.4. The van der Waals surface area contributed by atoms with Crippen LogP contribution >= 0.6 is 11.8 Å². The molecule has 0 spiro atoms. The molecule has 0 fully saturated rings. The third-order valence-electron chi connectivity index (χ3n) is 5.02. The molecule has 1 amide bonds. The second kappa shape index (κ2) is 10.2. The lowest BCUT2D eigenvalue weighted by atomic mass is 10.1. The number of aromatic nitrogens is 2. The predicted octanol–water partition coefficient (Wildman–Crippen LogP) is 4.35. The zero-order chi connectivity index (χ0) is 23.2. The maximum absolute atomic E-state index is 12.4. The van der Waals surface area contributed by atoms with E-state index in [2.05, 4.69) is 46.3 Å². The van der Waals surface area contributed by atoms with E-state index in [0.29, 0.717) is 17.9 Å². The number of benzene rings is 3. The van der Waals surface area contributed by atoms with Crippen LogP contribution in [0.2, 0.25) is 0 Å². The number of ether oxygens (including phenoxy) is 1. The highest BCUT2D eigenvalue weighted by molar-refractivity contribution is 7.99. The molecule has 0 unspecified atom stereocenters. The quantitative estimate of drug-likeness (QED) is 0.232. The number of imidazole rings is 1. The van der Waals surface area contributed by atoms with Gasteiger partial charge in [-0.2, -0.15) is 5.10 Å². The highest BCUT2D eigenvalue weighted by Gasteiger charge is 2.13. The molecule has 1 heterocycles. The van der Waals surface area contributed by atoms with E-state index in [1.165, 1.54) is 42.3 Å². The summed E-state index contributed by atoms with van der Waals surface area (Å²) in [6.45, 7) is 2.74. The molecule has 0 radical (unpaired) electrons. The van der Waals surface area contributed by atoms with Crippen LogP contribution in [-0.2, 0) is 11.3 Å². The molecule has 2 N–H and O–H groups in total. The summed E-state index contributed by atoms with van der Waals surface area (Å²) >= 11 is 1.37. The average Bonchev–Trinajstić information content (AvgIpc) is 3.17. The van der Waals surface area contributed by atoms with Crippen molar-refractivity contribution in [1.82, 2.24) is 15.0 Å². The van der Waals surface area contributed by atoms with E-state index in [0.717, 1.165) is 16.2 Å². The number of hydrogen-bond donors (Lipinski definition) is 2. The summed E-state index contributed by atoms with van der Waals surface area (Å²) in [5.74, 6) is 0.320. The van der Waals surface area contributed by atoms with Crippen molar-refractivity contribution in [2.45, 2.75) is 18.6 Å². The number of methoxy groups -OCH3 is 1. The van der Waals surface area contributed by atoms with Crippen molar-refractivity contribution in [2.75, 3.05) is 12.9 Å². The average molecular weight is 461 g/mol. The normalized spacial score (nSPS) is 11.2. The fourth-order valence-corrected chi connectivity index (χ4v) is 4.11. The fourth-order valence-electron chi connectivity index (χ4n) is 3.31.